The number of aromatic nitrogens is 1. The SMILES string of the molecule is N#CC(=Cc1cccc(C#N)c1)C(=O)c1c[nH]c2cc(Cl)ccc12. The highest BCUT2D eigenvalue weighted by Crippen LogP contribution is 2.24. The molecule has 0 aliphatic carbocycles. The Morgan fingerprint density at radius 2 is 2.00 bits per heavy atom. The number of carbonyl (C=O) groups is 1. The third-order valence-electron chi connectivity index (χ3n) is 3.58. The van der Waals surface area contributed by atoms with Gasteiger partial charge in [-0.15, -0.1) is 0 Å². The highest BCUT2D eigenvalue weighted by Gasteiger charge is 2.16. The molecule has 3 aromatic rings. The van der Waals surface area contributed by atoms with E-state index in [1.165, 1.54) is 6.08 Å². The molecule has 0 amide bonds. The van der Waals surface area contributed by atoms with Crippen LogP contribution in [0.5, 0.6) is 0 Å². The Morgan fingerprint density at radius 3 is 2.75 bits per heavy atom. The first kappa shape index (κ1) is 15.6. The van der Waals surface area contributed by atoms with Gasteiger partial charge in [0.05, 0.1) is 11.6 Å². The maximum atomic E-state index is 12.7. The summed E-state index contributed by atoms with van der Waals surface area (Å²) in [6.45, 7) is 0. The molecule has 0 bridgehead atoms. The number of ketones is 1. The zero-order valence-corrected chi connectivity index (χ0v) is 13.1. The van der Waals surface area contributed by atoms with Gasteiger partial charge in [-0.1, -0.05) is 29.8 Å². The van der Waals surface area contributed by atoms with Gasteiger partial charge in [-0.2, -0.15) is 10.5 Å². The first-order valence-electron chi connectivity index (χ1n) is 7.05. The number of aromatic amines is 1. The number of carbonyl (C=O) groups excluding carboxylic acids is 1. The number of nitriles is 2. The summed E-state index contributed by atoms with van der Waals surface area (Å²) in [6, 6.07) is 15.9. The minimum absolute atomic E-state index is 0.000870. The summed E-state index contributed by atoms with van der Waals surface area (Å²) in [6.07, 6.45) is 3.05. The topological polar surface area (TPSA) is 80.4 Å². The van der Waals surface area contributed by atoms with Crippen molar-refractivity contribution in [1.29, 1.82) is 10.5 Å². The molecule has 114 valence electrons. The molecule has 0 saturated carbocycles. The van der Waals surface area contributed by atoms with E-state index in [2.05, 4.69) is 4.98 Å². The first-order chi connectivity index (χ1) is 11.6. The van der Waals surface area contributed by atoms with E-state index in [-0.39, 0.29) is 11.4 Å². The van der Waals surface area contributed by atoms with Crippen molar-refractivity contribution in [3.8, 4) is 12.1 Å². The summed E-state index contributed by atoms with van der Waals surface area (Å²) < 4.78 is 0. The van der Waals surface area contributed by atoms with Gasteiger partial charge >= 0.3 is 0 Å². The van der Waals surface area contributed by atoms with Crippen molar-refractivity contribution in [1.82, 2.24) is 4.98 Å². The van der Waals surface area contributed by atoms with E-state index in [1.807, 2.05) is 12.1 Å². The van der Waals surface area contributed by atoms with Crippen molar-refractivity contribution in [2.24, 2.45) is 0 Å². The van der Waals surface area contributed by atoms with Gasteiger partial charge in [0.2, 0.25) is 5.78 Å². The van der Waals surface area contributed by atoms with Crippen LogP contribution in [0.15, 0.2) is 54.2 Å². The second kappa shape index (κ2) is 6.42. The average Bonchev–Trinajstić information content (AvgIpc) is 3.02. The van der Waals surface area contributed by atoms with E-state index in [4.69, 9.17) is 16.9 Å². The number of halogens is 1. The van der Waals surface area contributed by atoms with Crippen molar-refractivity contribution >= 4 is 34.4 Å². The molecule has 4 nitrogen and oxygen atoms in total. The predicted molar refractivity (Wildman–Crippen MR) is 92.4 cm³/mol. The molecule has 0 aliphatic heterocycles. The lowest BCUT2D eigenvalue weighted by Crippen LogP contribution is -2.01. The molecule has 0 unspecified atom stereocenters. The van der Waals surface area contributed by atoms with Crippen LogP contribution in [-0.4, -0.2) is 10.8 Å². The number of H-pyrrole nitrogens is 1. The normalized spacial score (nSPS) is 11.0. The second-order valence-electron chi connectivity index (χ2n) is 5.13. The van der Waals surface area contributed by atoms with Crippen molar-refractivity contribution < 1.29 is 4.79 Å². The number of nitrogens with one attached hydrogen (secondary N) is 1. The van der Waals surface area contributed by atoms with Gasteiger partial charge in [-0.05, 0) is 35.9 Å². The quantitative estimate of drug-likeness (QED) is 0.436. The number of rotatable bonds is 3. The molecular formula is C19H10ClN3O. The van der Waals surface area contributed by atoms with Gasteiger partial charge in [-0.3, -0.25) is 4.79 Å². The number of hydrogen-bond donors (Lipinski definition) is 1. The standard InChI is InChI=1S/C19H10ClN3O/c20-15-4-5-16-17(11-23-18(16)8-15)19(24)14(10-22)7-12-2-1-3-13(6-12)9-21/h1-8,11,23H. The molecule has 0 saturated heterocycles. The molecule has 1 heterocycles. The van der Waals surface area contributed by atoms with Gasteiger partial charge in [0.1, 0.15) is 11.6 Å². The number of benzene rings is 2. The summed E-state index contributed by atoms with van der Waals surface area (Å²) in [5, 5.41) is 19.6. The molecule has 0 fully saturated rings. The van der Waals surface area contributed by atoms with Gasteiger partial charge in [0, 0.05) is 27.7 Å². The molecule has 0 spiro atoms. The number of hydrogen-bond acceptors (Lipinski definition) is 3. The largest absolute Gasteiger partial charge is 0.360 e. The van der Waals surface area contributed by atoms with E-state index in [0.29, 0.717) is 27.1 Å². The Kier molecular flexibility index (Phi) is 4.16. The zero-order chi connectivity index (χ0) is 17.1. The Morgan fingerprint density at radius 1 is 1.17 bits per heavy atom. The number of nitrogens with zero attached hydrogens (tertiary/aromatic N) is 2. The lowest BCUT2D eigenvalue weighted by atomic mass is 10.0. The molecule has 1 aromatic heterocycles. The van der Waals surface area contributed by atoms with Crippen LogP contribution in [0.1, 0.15) is 21.5 Å². The molecule has 24 heavy (non-hydrogen) atoms. The minimum Gasteiger partial charge on any atom is -0.360 e. The second-order valence-corrected chi connectivity index (χ2v) is 5.56. The van der Waals surface area contributed by atoms with E-state index < -0.39 is 0 Å². The fraction of sp³-hybridized carbons (Fsp3) is 0. The summed E-state index contributed by atoms with van der Waals surface area (Å²) >= 11 is 5.94. The number of fused-ring (bicyclic) bond motifs is 1. The van der Waals surface area contributed by atoms with E-state index in [0.717, 1.165) is 5.52 Å². The maximum Gasteiger partial charge on any atom is 0.205 e. The Balaban J connectivity index is 2.04. The fourth-order valence-corrected chi connectivity index (χ4v) is 2.62. The summed E-state index contributed by atoms with van der Waals surface area (Å²) in [5.74, 6) is -0.381. The Bertz CT molecular complexity index is 1060. The fourth-order valence-electron chi connectivity index (χ4n) is 2.44. The van der Waals surface area contributed by atoms with Crippen LogP contribution in [0.3, 0.4) is 0 Å². The van der Waals surface area contributed by atoms with E-state index in [1.54, 1.807) is 48.7 Å². The molecule has 5 heteroatoms. The third-order valence-corrected chi connectivity index (χ3v) is 3.82. The van der Waals surface area contributed by atoms with Gasteiger partial charge in [0.15, 0.2) is 0 Å². The van der Waals surface area contributed by atoms with Crippen LogP contribution >= 0.6 is 11.6 Å². The molecular weight excluding hydrogens is 322 g/mol. The first-order valence-corrected chi connectivity index (χ1v) is 7.43. The van der Waals surface area contributed by atoms with Crippen molar-refractivity contribution in [3.63, 3.8) is 0 Å². The zero-order valence-electron chi connectivity index (χ0n) is 12.4. The maximum absolute atomic E-state index is 12.7. The molecule has 3 rings (SSSR count). The Labute approximate surface area is 143 Å². The summed E-state index contributed by atoms with van der Waals surface area (Å²) in [5.41, 5.74) is 2.23. The van der Waals surface area contributed by atoms with Crippen molar-refractivity contribution in [3.05, 3.63) is 75.9 Å². The lowest BCUT2D eigenvalue weighted by Gasteiger charge is -2.00. The molecule has 0 aliphatic rings. The van der Waals surface area contributed by atoms with Crippen LogP contribution in [-0.2, 0) is 0 Å². The van der Waals surface area contributed by atoms with Crippen LogP contribution < -0.4 is 0 Å². The Hall–Kier alpha value is -3.34. The predicted octanol–water partition coefficient (Wildman–Crippen LogP) is 4.48. The van der Waals surface area contributed by atoms with Crippen LogP contribution in [0.25, 0.3) is 17.0 Å². The van der Waals surface area contributed by atoms with E-state index in [9.17, 15) is 10.1 Å². The molecule has 0 atom stereocenters. The van der Waals surface area contributed by atoms with Crippen LogP contribution in [0.2, 0.25) is 5.02 Å². The van der Waals surface area contributed by atoms with Gasteiger partial charge in [0.25, 0.3) is 0 Å². The van der Waals surface area contributed by atoms with Crippen LogP contribution in [0.4, 0.5) is 0 Å². The lowest BCUT2D eigenvalue weighted by molar-refractivity contribution is 0.104. The summed E-state index contributed by atoms with van der Waals surface area (Å²) in [7, 11) is 0. The smallest absolute Gasteiger partial charge is 0.205 e. The third kappa shape index (κ3) is 2.92. The monoisotopic (exact) mass is 331 g/mol. The van der Waals surface area contributed by atoms with Crippen molar-refractivity contribution in [2.45, 2.75) is 0 Å². The summed E-state index contributed by atoms with van der Waals surface area (Å²) in [4.78, 5) is 15.7. The van der Waals surface area contributed by atoms with Crippen LogP contribution in [0, 0.1) is 22.7 Å². The number of allylic oxidation sites excluding steroid dienone is 1. The molecule has 2 aromatic carbocycles. The van der Waals surface area contributed by atoms with Crippen molar-refractivity contribution in [2.75, 3.05) is 0 Å². The van der Waals surface area contributed by atoms with Gasteiger partial charge < -0.3 is 4.98 Å². The minimum atomic E-state index is -0.381. The van der Waals surface area contributed by atoms with Gasteiger partial charge in [-0.25, -0.2) is 0 Å². The highest BCUT2D eigenvalue weighted by molar-refractivity contribution is 6.31. The number of Topliss-reactive ketones (excluding diaryl/α,β-unsaturated/α-hetero) is 1. The molecule has 1 N–H and O–H groups in total. The highest BCUT2D eigenvalue weighted by atomic mass is 35.5. The average molecular weight is 332 g/mol. The van der Waals surface area contributed by atoms with E-state index >= 15 is 0 Å². The molecule has 0 radical (unpaired) electrons.